The zero-order chi connectivity index (χ0) is 14.0. The smallest absolute Gasteiger partial charge is 0.0470 e. The van der Waals surface area contributed by atoms with Gasteiger partial charge in [0.05, 0.1) is 0 Å². The van der Waals surface area contributed by atoms with Gasteiger partial charge in [-0.3, -0.25) is 0 Å². The lowest BCUT2D eigenvalue weighted by Crippen LogP contribution is -2.18. The van der Waals surface area contributed by atoms with E-state index >= 15 is 0 Å². The largest absolute Gasteiger partial charge is 0.357 e. The van der Waals surface area contributed by atoms with Gasteiger partial charge < -0.3 is 10.3 Å². The predicted molar refractivity (Wildman–Crippen MR) is 86.9 cm³/mol. The van der Waals surface area contributed by atoms with Gasteiger partial charge in [-0.2, -0.15) is 0 Å². The van der Waals surface area contributed by atoms with E-state index in [9.17, 15) is 0 Å². The Morgan fingerprint density at radius 1 is 1.42 bits per heavy atom. The number of hydrogen-bond acceptors (Lipinski definition) is 1. The van der Waals surface area contributed by atoms with Crippen LogP contribution in [0.3, 0.4) is 0 Å². The van der Waals surface area contributed by atoms with E-state index in [2.05, 4.69) is 64.9 Å². The average Bonchev–Trinajstić information content (AvgIpc) is 2.74. The quantitative estimate of drug-likeness (QED) is 0.795. The standard InChI is InChI=1S/C16H21BrN2/c1-5-16(2,3)15-13(8-9-18-4)12-7-6-11(17)10-14(12)19-15/h5-7,10,18-19H,1,8-9H2,2-4H3. The van der Waals surface area contributed by atoms with Crippen molar-refractivity contribution < 1.29 is 0 Å². The number of H-pyrrole nitrogens is 1. The number of hydrogen-bond donors (Lipinski definition) is 2. The maximum absolute atomic E-state index is 3.97. The van der Waals surface area contributed by atoms with Crippen LogP contribution < -0.4 is 5.32 Å². The summed E-state index contributed by atoms with van der Waals surface area (Å²) in [6, 6.07) is 6.42. The Labute approximate surface area is 123 Å². The van der Waals surface area contributed by atoms with Gasteiger partial charge in [-0.25, -0.2) is 0 Å². The van der Waals surface area contributed by atoms with Gasteiger partial charge in [0.2, 0.25) is 0 Å². The minimum absolute atomic E-state index is 0.0471. The second-order valence-corrected chi connectivity index (χ2v) is 6.36. The molecule has 2 rings (SSSR count). The summed E-state index contributed by atoms with van der Waals surface area (Å²) in [4.78, 5) is 3.58. The van der Waals surface area contributed by atoms with Gasteiger partial charge in [0.25, 0.3) is 0 Å². The summed E-state index contributed by atoms with van der Waals surface area (Å²) < 4.78 is 1.10. The van der Waals surface area contributed by atoms with Gasteiger partial charge in [-0.05, 0) is 37.7 Å². The third-order valence-electron chi connectivity index (χ3n) is 3.65. The van der Waals surface area contributed by atoms with E-state index in [1.807, 2.05) is 13.1 Å². The van der Waals surface area contributed by atoms with E-state index in [-0.39, 0.29) is 5.41 Å². The van der Waals surface area contributed by atoms with Gasteiger partial charge in [0.1, 0.15) is 0 Å². The second-order valence-electron chi connectivity index (χ2n) is 5.45. The third-order valence-corrected chi connectivity index (χ3v) is 4.14. The van der Waals surface area contributed by atoms with Crippen molar-refractivity contribution in [1.82, 2.24) is 10.3 Å². The summed E-state index contributed by atoms with van der Waals surface area (Å²) in [5.41, 5.74) is 3.80. The molecule has 0 radical (unpaired) electrons. The second kappa shape index (κ2) is 5.51. The molecule has 0 unspecified atom stereocenters. The average molecular weight is 321 g/mol. The monoisotopic (exact) mass is 320 g/mol. The highest BCUT2D eigenvalue weighted by molar-refractivity contribution is 9.10. The summed E-state index contributed by atoms with van der Waals surface area (Å²) in [6.07, 6.45) is 3.03. The summed E-state index contributed by atoms with van der Waals surface area (Å²) in [7, 11) is 1.99. The van der Waals surface area contributed by atoms with Gasteiger partial charge in [0, 0.05) is 26.5 Å². The van der Waals surface area contributed by atoms with Crippen LogP contribution in [-0.4, -0.2) is 18.6 Å². The van der Waals surface area contributed by atoms with Crippen LogP contribution in [0, 0.1) is 0 Å². The molecule has 2 nitrogen and oxygen atoms in total. The topological polar surface area (TPSA) is 27.8 Å². The minimum Gasteiger partial charge on any atom is -0.357 e. The molecule has 1 aromatic carbocycles. The first-order valence-corrected chi connectivity index (χ1v) is 7.37. The molecule has 0 aliphatic heterocycles. The van der Waals surface area contributed by atoms with Crippen LogP contribution in [0.4, 0.5) is 0 Å². The molecule has 0 aliphatic carbocycles. The zero-order valence-corrected chi connectivity index (χ0v) is 13.4. The molecule has 0 spiro atoms. The summed E-state index contributed by atoms with van der Waals surface area (Å²) in [5, 5.41) is 4.54. The molecule has 0 saturated carbocycles. The molecule has 0 aliphatic rings. The van der Waals surface area contributed by atoms with E-state index in [1.165, 1.54) is 22.2 Å². The molecule has 0 fully saturated rings. The number of rotatable bonds is 5. The number of likely N-dealkylation sites (N-methyl/N-ethyl adjacent to an activating group) is 1. The van der Waals surface area contributed by atoms with Crippen LogP contribution in [-0.2, 0) is 11.8 Å². The Kier molecular flexibility index (Phi) is 4.16. The number of fused-ring (bicyclic) bond motifs is 1. The molecule has 19 heavy (non-hydrogen) atoms. The van der Waals surface area contributed by atoms with Gasteiger partial charge >= 0.3 is 0 Å². The number of nitrogens with one attached hydrogen (secondary N) is 2. The lowest BCUT2D eigenvalue weighted by molar-refractivity contribution is 0.638. The molecular formula is C16H21BrN2. The highest BCUT2D eigenvalue weighted by Gasteiger charge is 2.23. The predicted octanol–water partition coefficient (Wildman–Crippen LogP) is 4.16. The number of aromatic nitrogens is 1. The number of halogens is 1. The molecule has 1 heterocycles. The molecule has 0 amide bonds. The van der Waals surface area contributed by atoms with Crippen molar-refractivity contribution in [3.05, 3.63) is 46.6 Å². The number of aromatic amines is 1. The summed E-state index contributed by atoms with van der Waals surface area (Å²) >= 11 is 3.53. The Hall–Kier alpha value is -1.06. The first kappa shape index (κ1) is 14.4. The molecule has 102 valence electrons. The van der Waals surface area contributed by atoms with Crippen LogP contribution in [0.25, 0.3) is 10.9 Å². The van der Waals surface area contributed by atoms with E-state index in [1.54, 1.807) is 0 Å². The van der Waals surface area contributed by atoms with Gasteiger partial charge in [-0.1, -0.05) is 41.9 Å². The molecule has 0 atom stereocenters. The third kappa shape index (κ3) is 2.77. The Morgan fingerprint density at radius 3 is 2.79 bits per heavy atom. The molecule has 2 N–H and O–H groups in total. The Morgan fingerprint density at radius 2 is 2.16 bits per heavy atom. The summed E-state index contributed by atoms with van der Waals surface area (Å²) in [6.45, 7) is 9.34. The Bertz CT molecular complexity index is 596. The lowest BCUT2D eigenvalue weighted by atomic mass is 9.86. The number of benzene rings is 1. The molecular weight excluding hydrogens is 300 g/mol. The van der Waals surface area contributed by atoms with Crippen molar-refractivity contribution >= 4 is 26.8 Å². The van der Waals surface area contributed by atoms with E-state index in [0.717, 1.165) is 17.4 Å². The van der Waals surface area contributed by atoms with E-state index in [4.69, 9.17) is 0 Å². The van der Waals surface area contributed by atoms with E-state index < -0.39 is 0 Å². The van der Waals surface area contributed by atoms with Crippen molar-refractivity contribution in [3.8, 4) is 0 Å². The van der Waals surface area contributed by atoms with Gasteiger partial charge in [0.15, 0.2) is 0 Å². The molecule has 3 heteroatoms. The van der Waals surface area contributed by atoms with Gasteiger partial charge in [-0.15, -0.1) is 6.58 Å². The van der Waals surface area contributed by atoms with E-state index in [0.29, 0.717) is 0 Å². The SMILES string of the molecule is C=CC(C)(C)c1[nH]c2cc(Br)ccc2c1CCNC. The fourth-order valence-corrected chi connectivity index (χ4v) is 2.75. The highest BCUT2D eigenvalue weighted by Crippen LogP contribution is 2.33. The van der Waals surface area contributed by atoms with Crippen LogP contribution in [0.15, 0.2) is 35.3 Å². The van der Waals surface area contributed by atoms with Crippen molar-refractivity contribution in [2.45, 2.75) is 25.7 Å². The molecule has 0 saturated heterocycles. The first-order chi connectivity index (χ1) is 8.99. The van der Waals surface area contributed by atoms with Crippen LogP contribution in [0.5, 0.6) is 0 Å². The van der Waals surface area contributed by atoms with Crippen molar-refractivity contribution in [3.63, 3.8) is 0 Å². The van der Waals surface area contributed by atoms with Crippen molar-refractivity contribution in [2.75, 3.05) is 13.6 Å². The van der Waals surface area contributed by atoms with Crippen LogP contribution >= 0.6 is 15.9 Å². The van der Waals surface area contributed by atoms with Crippen LogP contribution in [0.2, 0.25) is 0 Å². The van der Waals surface area contributed by atoms with Crippen LogP contribution in [0.1, 0.15) is 25.1 Å². The fraction of sp³-hybridized carbons (Fsp3) is 0.375. The first-order valence-electron chi connectivity index (χ1n) is 6.58. The Balaban J connectivity index is 2.63. The summed E-state index contributed by atoms with van der Waals surface area (Å²) in [5.74, 6) is 0. The maximum Gasteiger partial charge on any atom is 0.0470 e. The number of allylic oxidation sites excluding steroid dienone is 1. The zero-order valence-electron chi connectivity index (χ0n) is 11.8. The lowest BCUT2D eigenvalue weighted by Gasteiger charge is -2.20. The molecule has 1 aromatic heterocycles. The molecule has 0 bridgehead atoms. The van der Waals surface area contributed by atoms with Crippen molar-refractivity contribution in [2.24, 2.45) is 0 Å². The normalized spacial score (nSPS) is 12.0. The highest BCUT2D eigenvalue weighted by atomic mass is 79.9. The van der Waals surface area contributed by atoms with Crippen molar-refractivity contribution in [1.29, 1.82) is 0 Å². The molecule has 2 aromatic rings. The minimum atomic E-state index is -0.0471. The fourth-order valence-electron chi connectivity index (χ4n) is 2.39. The maximum atomic E-state index is 3.97.